The largest absolute Gasteiger partial charge is 0.419 e. The van der Waals surface area contributed by atoms with Crippen LogP contribution in [0.1, 0.15) is 32.1 Å². The second kappa shape index (κ2) is 8.20. The number of pyridine rings is 1. The van der Waals surface area contributed by atoms with Gasteiger partial charge < -0.3 is 15.1 Å². The molecule has 3 heterocycles. The Morgan fingerprint density at radius 2 is 1.79 bits per heavy atom. The summed E-state index contributed by atoms with van der Waals surface area (Å²) in [5, 5.41) is 8.23. The highest BCUT2D eigenvalue weighted by atomic mass is 32.2. The van der Waals surface area contributed by atoms with Crippen molar-refractivity contribution >= 4 is 31.5 Å². The third-order valence-corrected chi connectivity index (χ3v) is 9.44. The first-order valence-electron chi connectivity index (χ1n) is 10.8. The number of hydrogen-bond donors (Lipinski definition) is 1. The fourth-order valence-electron chi connectivity index (χ4n) is 3.91. The summed E-state index contributed by atoms with van der Waals surface area (Å²) in [6.45, 7) is 3.00. The molecule has 2 aliphatic rings. The Balaban J connectivity index is 1.68. The lowest BCUT2D eigenvalue weighted by molar-refractivity contribution is 0.305. The van der Waals surface area contributed by atoms with Gasteiger partial charge in [-0.3, -0.25) is 4.31 Å². The monoisotopic (exact) mass is 498 g/mol. The first kappa shape index (κ1) is 23.9. The minimum atomic E-state index is -3.54. The third-order valence-electron chi connectivity index (χ3n) is 6.61. The minimum Gasteiger partial charge on any atom is -0.419 e. The van der Waals surface area contributed by atoms with Gasteiger partial charge in [-0.25, -0.2) is 21.8 Å². The van der Waals surface area contributed by atoms with Crippen LogP contribution in [-0.4, -0.2) is 70.4 Å². The topological polar surface area (TPSA) is 153 Å². The van der Waals surface area contributed by atoms with E-state index in [1.807, 2.05) is 11.9 Å². The first-order valence-corrected chi connectivity index (χ1v) is 14.5. The van der Waals surface area contributed by atoms with Gasteiger partial charge in [-0.15, -0.1) is 10.2 Å². The predicted molar refractivity (Wildman–Crippen MR) is 125 cm³/mol. The Labute approximate surface area is 194 Å². The predicted octanol–water partition coefficient (Wildman–Crippen LogP) is 0.982. The molecule has 11 nitrogen and oxygen atoms in total. The van der Waals surface area contributed by atoms with Gasteiger partial charge in [0.05, 0.1) is 23.3 Å². The lowest BCUT2D eigenvalue weighted by atomic mass is 9.94. The zero-order valence-corrected chi connectivity index (χ0v) is 20.9. The summed E-state index contributed by atoms with van der Waals surface area (Å²) < 4.78 is 54.9. The van der Waals surface area contributed by atoms with Gasteiger partial charge in [-0.05, 0) is 43.2 Å². The van der Waals surface area contributed by atoms with E-state index in [1.165, 1.54) is 7.05 Å². The highest BCUT2D eigenvalue weighted by Gasteiger charge is 2.40. The molecule has 2 fully saturated rings. The highest BCUT2D eigenvalue weighted by Crippen LogP contribution is 2.39. The SMILES string of the molecule is CC1CC1CN(C)c1cc(-c2nnc(C3(N)CCS(=O)(=O)CC3)o2)cc(N(C)S(C)(=O)=O)n1. The molecule has 1 aliphatic carbocycles. The van der Waals surface area contributed by atoms with Crippen LogP contribution < -0.4 is 14.9 Å². The first-order chi connectivity index (χ1) is 15.3. The van der Waals surface area contributed by atoms with Crippen LogP contribution in [0.15, 0.2) is 16.5 Å². The molecule has 1 saturated carbocycles. The van der Waals surface area contributed by atoms with Gasteiger partial charge >= 0.3 is 0 Å². The van der Waals surface area contributed by atoms with E-state index >= 15 is 0 Å². The van der Waals surface area contributed by atoms with Crippen molar-refractivity contribution in [1.29, 1.82) is 0 Å². The Morgan fingerprint density at radius 1 is 1.18 bits per heavy atom. The van der Waals surface area contributed by atoms with E-state index in [9.17, 15) is 16.8 Å². The molecule has 1 saturated heterocycles. The van der Waals surface area contributed by atoms with Crippen LogP contribution in [0.2, 0.25) is 0 Å². The summed E-state index contributed by atoms with van der Waals surface area (Å²) in [6, 6.07) is 3.35. The van der Waals surface area contributed by atoms with Gasteiger partial charge in [0.15, 0.2) is 0 Å². The number of anilines is 2. The second-order valence-electron chi connectivity index (χ2n) is 9.38. The summed E-state index contributed by atoms with van der Waals surface area (Å²) in [5.74, 6) is 2.32. The van der Waals surface area contributed by atoms with Crippen molar-refractivity contribution in [2.75, 3.05) is 47.6 Å². The molecular weight excluding hydrogens is 468 g/mol. The Kier molecular flexibility index (Phi) is 5.94. The van der Waals surface area contributed by atoms with E-state index in [0.29, 0.717) is 23.2 Å². The molecule has 2 atom stereocenters. The molecule has 13 heteroatoms. The highest BCUT2D eigenvalue weighted by molar-refractivity contribution is 7.92. The number of hydrogen-bond acceptors (Lipinski definition) is 10. The van der Waals surface area contributed by atoms with E-state index in [-0.39, 0.29) is 41.9 Å². The van der Waals surface area contributed by atoms with Crippen molar-refractivity contribution in [1.82, 2.24) is 15.2 Å². The number of sulfone groups is 1. The fraction of sp³-hybridized carbons (Fsp3) is 0.650. The molecule has 0 aromatic carbocycles. The lowest BCUT2D eigenvalue weighted by Gasteiger charge is -2.29. The fourth-order valence-corrected chi connectivity index (χ4v) is 5.90. The maximum Gasteiger partial charge on any atom is 0.248 e. The van der Waals surface area contributed by atoms with Gasteiger partial charge in [-0.2, -0.15) is 0 Å². The van der Waals surface area contributed by atoms with Crippen LogP contribution >= 0.6 is 0 Å². The van der Waals surface area contributed by atoms with E-state index in [1.54, 1.807) is 12.1 Å². The maximum absolute atomic E-state index is 12.2. The standard InChI is InChI=1S/C20H30N6O5S2/c1-13-9-15(13)12-25(2)16-10-14(11-17(22-16)26(3)32(4,27)28)18-23-24-19(31-18)20(21)5-7-33(29,30)8-6-20/h10-11,13,15H,5-9,12,21H2,1-4H3. The lowest BCUT2D eigenvalue weighted by Crippen LogP contribution is -2.44. The van der Waals surface area contributed by atoms with E-state index < -0.39 is 25.4 Å². The molecule has 182 valence electrons. The maximum atomic E-state index is 12.2. The summed E-state index contributed by atoms with van der Waals surface area (Å²) >= 11 is 0. The van der Waals surface area contributed by atoms with Crippen molar-refractivity contribution < 1.29 is 21.3 Å². The molecule has 2 aromatic heterocycles. The van der Waals surface area contributed by atoms with Crippen LogP contribution in [0.5, 0.6) is 0 Å². The van der Waals surface area contributed by atoms with Gasteiger partial charge in [0.2, 0.25) is 21.8 Å². The number of sulfonamides is 1. The van der Waals surface area contributed by atoms with Gasteiger partial charge in [0.1, 0.15) is 21.5 Å². The molecule has 0 radical (unpaired) electrons. The van der Waals surface area contributed by atoms with Crippen molar-refractivity contribution in [2.24, 2.45) is 17.6 Å². The van der Waals surface area contributed by atoms with Crippen molar-refractivity contribution in [3.63, 3.8) is 0 Å². The number of nitrogens with two attached hydrogens (primary N) is 1. The number of rotatable bonds is 7. The van der Waals surface area contributed by atoms with Crippen molar-refractivity contribution in [3.05, 3.63) is 18.0 Å². The van der Waals surface area contributed by atoms with Crippen LogP contribution in [0.4, 0.5) is 11.6 Å². The Bertz CT molecular complexity index is 1250. The minimum absolute atomic E-state index is 0.0334. The van der Waals surface area contributed by atoms with Crippen LogP contribution in [0.25, 0.3) is 11.5 Å². The molecular formula is C20H30N6O5S2. The number of aromatic nitrogens is 3. The zero-order valence-electron chi connectivity index (χ0n) is 19.2. The zero-order chi connectivity index (χ0) is 24.2. The molecule has 0 bridgehead atoms. The molecule has 0 spiro atoms. The quantitative estimate of drug-likeness (QED) is 0.584. The van der Waals surface area contributed by atoms with E-state index in [0.717, 1.165) is 23.5 Å². The Hall–Kier alpha value is -2.25. The summed E-state index contributed by atoms with van der Waals surface area (Å²) in [5.41, 5.74) is 5.90. The third kappa shape index (κ3) is 5.14. The number of nitrogens with zero attached hydrogens (tertiary/aromatic N) is 5. The summed E-state index contributed by atoms with van der Waals surface area (Å²) in [4.78, 5) is 6.54. The molecule has 1 aliphatic heterocycles. The molecule has 2 unspecified atom stereocenters. The van der Waals surface area contributed by atoms with Crippen LogP contribution in [0, 0.1) is 11.8 Å². The molecule has 33 heavy (non-hydrogen) atoms. The summed E-state index contributed by atoms with van der Waals surface area (Å²) in [7, 11) is -3.30. The molecule has 2 aromatic rings. The average molecular weight is 499 g/mol. The second-order valence-corrected chi connectivity index (χ2v) is 13.7. The van der Waals surface area contributed by atoms with E-state index in [2.05, 4.69) is 22.1 Å². The Morgan fingerprint density at radius 3 is 2.36 bits per heavy atom. The van der Waals surface area contributed by atoms with Gasteiger partial charge in [0.25, 0.3) is 0 Å². The average Bonchev–Trinajstić information content (AvgIpc) is 3.22. The van der Waals surface area contributed by atoms with Crippen molar-refractivity contribution in [3.8, 4) is 11.5 Å². The van der Waals surface area contributed by atoms with Crippen LogP contribution in [0.3, 0.4) is 0 Å². The smallest absolute Gasteiger partial charge is 0.248 e. The van der Waals surface area contributed by atoms with E-state index in [4.69, 9.17) is 10.2 Å². The summed E-state index contributed by atoms with van der Waals surface area (Å²) in [6.07, 6.45) is 2.66. The molecule has 2 N–H and O–H groups in total. The van der Waals surface area contributed by atoms with Crippen LogP contribution in [-0.2, 0) is 25.4 Å². The normalized spacial score (nSPS) is 23.8. The van der Waals surface area contributed by atoms with Gasteiger partial charge in [0, 0.05) is 26.2 Å². The van der Waals surface area contributed by atoms with Crippen molar-refractivity contribution in [2.45, 2.75) is 31.7 Å². The van der Waals surface area contributed by atoms with Gasteiger partial charge in [-0.1, -0.05) is 6.92 Å². The molecule has 0 amide bonds. The molecule has 4 rings (SSSR count).